The van der Waals surface area contributed by atoms with E-state index in [0.29, 0.717) is 10.9 Å². The predicted octanol–water partition coefficient (Wildman–Crippen LogP) is 2.71. The van der Waals surface area contributed by atoms with Crippen LogP contribution in [0.25, 0.3) is 0 Å². The van der Waals surface area contributed by atoms with Crippen molar-refractivity contribution in [1.29, 1.82) is 0 Å². The molecule has 1 saturated carbocycles. The SMILES string of the molecule is CCCC1CC1(N)c1ccncc1Cl. The summed E-state index contributed by atoms with van der Waals surface area (Å²) in [5.74, 6) is 0.604. The van der Waals surface area contributed by atoms with E-state index in [-0.39, 0.29) is 5.54 Å². The molecule has 1 aromatic heterocycles. The molecule has 0 aliphatic heterocycles. The Morgan fingerprint density at radius 1 is 1.71 bits per heavy atom. The van der Waals surface area contributed by atoms with Crippen molar-refractivity contribution in [3.05, 3.63) is 29.0 Å². The van der Waals surface area contributed by atoms with Crippen LogP contribution in [0.4, 0.5) is 0 Å². The number of hydrogen-bond acceptors (Lipinski definition) is 2. The highest BCUT2D eigenvalue weighted by atomic mass is 35.5. The van der Waals surface area contributed by atoms with Crippen LogP contribution in [-0.4, -0.2) is 4.98 Å². The smallest absolute Gasteiger partial charge is 0.0639 e. The van der Waals surface area contributed by atoms with Crippen LogP contribution < -0.4 is 5.73 Å². The van der Waals surface area contributed by atoms with Gasteiger partial charge in [-0.15, -0.1) is 0 Å². The van der Waals surface area contributed by atoms with Crippen LogP contribution in [-0.2, 0) is 5.54 Å². The summed E-state index contributed by atoms with van der Waals surface area (Å²) in [4.78, 5) is 3.97. The summed E-state index contributed by atoms with van der Waals surface area (Å²) in [6.45, 7) is 2.19. The summed E-state index contributed by atoms with van der Waals surface area (Å²) in [6.07, 6.45) is 6.87. The van der Waals surface area contributed by atoms with E-state index in [0.717, 1.165) is 12.0 Å². The number of nitrogens with two attached hydrogens (primary N) is 1. The zero-order chi connectivity index (χ0) is 10.2. The maximum atomic E-state index is 6.29. The van der Waals surface area contributed by atoms with Gasteiger partial charge in [0.25, 0.3) is 0 Å². The first-order chi connectivity index (χ1) is 6.68. The molecule has 0 bridgehead atoms. The Morgan fingerprint density at radius 3 is 3.14 bits per heavy atom. The van der Waals surface area contributed by atoms with E-state index in [4.69, 9.17) is 17.3 Å². The molecule has 0 amide bonds. The van der Waals surface area contributed by atoms with Crippen molar-refractivity contribution >= 4 is 11.6 Å². The molecule has 1 fully saturated rings. The fourth-order valence-electron chi connectivity index (χ4n) is 2.14. The number of aromatic nitrogens is 1. The van der Waals surface area contributed by atoms with E-state index in [9.17, 15) is 0 Å². The minimum atomic E-state index is -0.171. The zero-order valence-corrected chi connectivity index (χ0v) is 9.09. The minimum absolute atomic E-state index is 0.171. The summed E-state index contributed by atoms with van der Waals surface area (Å²) in [5, 5.41) is 0.702. The lowest BCUT2D eigenvalue weighted by atomic mass is 10.0. The maximum absolute atomic E-state index is 6.29. The number of rotatable bonds is 3. The second-order valence-electron chi connectivity index (χ2n) is 4.09. The quantitative estimate of drug-likeness (QED) is 0.833. The van der Waals surface area contributed by atoms with Gasteiger partial charge in [-0.2, -0.15) is 0 Å². The van der Waals surface area contributed by atoms with Gasteiger partial charge < -0.3 is 5.73 Å². The van der Waals surface area contributed by atoms with Crippen molar-refractivity contribution in [1.82, 2.24) is 4.98 Å². The third-order valence-electron chi connectivity index (χ3n) is 3.06. The fourth-order valence-corrected chi connectivity index (χ4v) is 2.43. The van der Waals surface area contributed by atoms with E-state index in [1.807, 2.05) is 6.07 Å². The summed E-state index contributed by atoms with van der Waals surface area (Å²) in [6, 6.07) is 1.94. The summed E-state index contributed by atoms with van der Waals surface area (Å²) in [5.41, 5.74) is 7.18. The maximum Gasteiger partial charge on any atom is 0.0639 e. The van der Waals surface area contributed by atoms with Gasteiger partial charge in [0.15, 0.2) is 0 Å². The Labute approximate surface area is 89.5 Å². The molecule has 1 aromatic rings. The molecule has 1 aliphatic rings. The average Bonchev–Trinajstić information content (AvgIpc) is 2.79. The van der Waals surface area contributed by atoms with Crippen molar-refractivity contribution in [3.8, 4) is 0 Å². The highest BCUT2D eigenvalue weighted by Crippen LogP contribution is 2.53. The topological polar surface area (TPSA) is 38.9 Å². The molecule has 2 N–H and O–H groups in total. The Balaban J connectivity index is 2.21. The Kier molecular flexibility index (Phi) is 2.50. The van der Waals surface area contributed by atoms with E-state index >= 15 is 0 Å². The van der Waals surface area contributed by atoms with Crippen molar-refractivity contribution in [2.75, 3.05) is 0 Å². The molecule has 0 radical (unpaired) electrons. The standard InChI is InChI=1S/C11H15ClN2/c1-2-3-8-6-11(8,13)9-4-5-14-7-10(9)12/h4-5,7-8H,2-3,6,13H2,1H3. The minimum Gasteiger partial charge on any atom is -0.321 e. The Bertz CT molecular complexity index is 340. The molecule has 1 aliphatic carbocycles. The third kappa shape index (κ3) is 1.53. The van der Waals surface area contributed by atoms with Crippen molar-refractivity contribution in [2.24, 2.45) is 11.7 Å². The van der Waals surface area contributed by atoms with E-state index in [2.05, 4.69) is 11.9 Å². The molecule has 2 unspecified atom stereocenters. The first-order valence-corrected chi connectivity index (χ1v) is 5.45. The van der Waals surface area contributed by atoms with Crippen LogP contribution in [0.2, 0.25) is 5.02 Å². The van der Waals surface area contributed by atoms with Crippen molar-refractivity contribution in [3.63, 3.8) is 0 Å². The Morgan fingerprint density at radius 2 is 2.50 bits per heavy atom. The fraction of sp³-hybridized carbons (Fsp3) is 0.545. The molecule has 1 heterocycles. The van der Waals surface area contributed by atoms with Crippen LogP contribution in [0.3, 0.4) is 0 Å². The first-order valence-electron chi connectivity index (χ1n) is 5.07. The summed E-state index contributed by atoms with van der Waals surface area (Å²) >= 11 is 6.07. The summed E-state index contributed by atoms with van der Waals surface area (Å²) in [7, 11) is 0. The van der Waals surface area contributed by atoms with Gasteiger partial charge in [-0.3, -0.25) is 4.98 Å². The highest BCUT2D eigenvalue weighted by Gasteiger charge is 2.52. The second kappa shape index (κ2) is 3.52. The van der Waals surface area contributed by atoms with E-state index < -0.39 is 0 Å². The monoisotopic (exact) mass is 210 g/mol. The lowest BCUT2D eigenvalue weighted by molar-refractivity contribution is 0.583. The molecule has 2 atom stereocenters. The zero-order valence-electron chi connectivity index (χ0n) is 8.33. The largest absolute Gasteiger partial charge is 0.321 e. The molecule has 76 valence electrons. The van der Waals surface area contributed by atoms with Crippen LogP contribution in [0, 0.1) is 5.92 Å². The van der Waals surface area contributed by atoms with Gasteiger partial charge in [0, 0.05) is 17.9 Å². The number of hydrogen-bond donors (Lipinski definition) is 1. The average molecular weight is 211 g/mol. The van der Waals surface area contributed by atoms with Gasteiger partial charge in [-0.25, -0.2) is 0 Å². The highest BCUT2D eigenvalue weighted by molar-refractivity contribution is 6.31. The molecule has 0 aromatic carbocycles. The van der Waals surface area contributed by atoms with Gasteiger partial charge in [0.1, 0.15) is 0 Å². The van der Waals surface area contributed by atoms with E-state index in [1.54, 1.807) is 12.4 Å². The van der Waals surface area contributed by atoms with Crippen LogP contribution in [0.1, 0.15) is 31.7 Å². The third-order valence-corrected chi connectivity index (χ3v) is 3.36. The number of halogens is 1. The Hall–Kier alpha value is -0.600. The molecule has 14 heavy (non-hydrogen) atoms. The van der Waals surface area contributed by atoms with Crippen LogP contribution in [0.5, 0.6) is 0 Å². The molecular weight excluding hydrogens is 196 g/mol. The first kappa shape index (κ1) is 9.94. The van der Waals surface area contributed by atoms with Gasteiger partial charge in [0.05, 0.1) is 5.02 Å². The number of nitrogens with zero attached hydrogens (tertiary/aromatic N) is 1. The predicted molar refractivity (Wildman–Crippen MR) is 58.1 cm³/mol. The lowest BCUT2D eigenvalue weighted by Gasteiger charge is -2.13. The van der Waals surface area contributed by atoms with Crippen molar-refractivity contribution < 1.29 is 0 Å². The van der Waals surface area contributed by atoms with Gasteiger partial charge >= 0.3 is 0 Å². The van der Waals surface area contributed by atoms with Crippen LogP contribution >= 0.6 is 11.6 Å². The van der Waals surface area contributed by atoms with Gasteiger partial charge in [-0.05, 0) is 30.4 Å². The van der Waals surface area contributed by atoms with Gasteiger partial charge in [-0.1, -0.05) is 24.9 Å². The lowest BCUT2D eigenvalue weighted by Crippen LogP contribution is -2.22. The van der Waals surface area contributed by atoms with Gasteiger partial charge in [0.2, 0.25) is 0 Å². The van der Waals surface area contributed by atoms with Crippen LogP contribution in [0.15, 0.2) is 18.5 Å². The second-order valence-corrected chi connectivity index (χ2v) is 4.49. The van der Waals surface area contributed by atoms with E-state index in [1.165, 1.54) is 12.8 Å². The molecule has 3 heteroatoms. The van der Waals surface area contributed by atoms with Crippen molar-refractivity contribution in [2.45, 2.75) is 31.7 Å². The molecule has 0 spiro atoms. The molecule has 2 nitrogen and oxygen atoms in total. The molecular formula is C11H15ClN2. The summed E-state index contributed by atoms with van der Waals surface area (Å²) < 4.78 is 0. The normalized spacial score (nSPS) is 30.4. The molecule has 0 saturated heterocycles. The number of pyridine rings is 1. The molecule has 2 rings (SSSR count).